The molecule has 0 fully saturated rings. The summed E-state index contributed by atoms with van der Waals surface area (Å²) in [5.74, 6) is 0.180. The number of aryl methyl sites for hydroxylation is 1. The number of hydrogen-bond acceptors (Lipinski definition) is 3. The van der Waals surface area contributed by atoms with Crippen molar-refractivity contribution in [3.8, 4) is 22.8 Å². The number of nitrogens with zero attached hydrogens (tertiary/aromatic N) is 2. The van der Waals surface area contributed by atoms with E-state index in [4.69, 9.17) is 0 Å². The Balaban J connectivity index is 1.77. The van der Waals surface area contributed by atoms with Crippen LogP contribution in [0.1, 0.15) is 21.6 Å². The van der Waals surface area contributed by atoms with Crippen molar-refractivity contribution in [2.75, 3.05) is 6.54 Å². The molecule has 0 aliphatic carbocycles. The van der Waals surface area contributed by atoms with Crippen LogP contribution < -0.4 is 5.32 Å². The second kappa shape index (κ2) is 5.56. The van der Waals surface area contributed by atoms with Crippen molar-refractivity contribution < 1.29 is 9.18 Å². The van der Waals surface area contributed by atoms with Gasteiger partial charge in [-0.1, -0.05) is 0 Å². The molecule has 0 bridgehead atoms. The smallest absolute Gasteiger partial charge is 0.253 e. The molecule has 0 saturated heterocycles. The van der Waals surface area contributed by atoms with Crippen LogP contribution in [0.3, 0.4) is 0 Å². The molecule has 3 aromatic rings. The topological polar surface area (TPSA) is 70.7 Å². The minimum atomic E-state index is -0.282. The average molecular weight is 322 g/mol. The van der Waals surface area contributed by atoms with Gasteiger partial charge >= 0.3 is 0 Å². The predicted octanol–water partition coefficient (Wildman–Crippen LogP) is 2.87. The van der Waals surface area contributed by atoms with E-state index >= 15 is 0 Å². The zero-order valence-electron chi connectivity index (χ0n) is 13.1. The maximum Gasteiger partial charge on any atom is 0.253 e. The van der Waals surface area contributed by atoms with Gasteiger partial charge < -0.3 is 10.3 Å². The SMILES string of the molecule is Cc1cc(F)ccc1-c1nccc(-c2cc3c([nH]2)CCNC3=O)n1. The molecular weight excluding hydrogens is 307 g/mol. The summed E-state index contributed by atoms with van der Waals surface area (Å²) in [6.07, 6.45) is 2.44. The lowest BCUT2D eigenvalue weighted by atomic mass is 10.1. The summed E-state index contributed by atoms with van der Waals surface area (Å²) in [6.45, 7) is 2.46. The molecular formula is C18H15FN4O. The lowest BCUT2D eigenvalue weighted by molar-refractivity contribution is 0.0946. The fourth-order valence-electron chi connectivity index (χ4n) is 2.95. The fraction of sp³-hybridized carbons (Fsp3) is 0.167. The second-order valence-corrected chi connectivity index (χ2v) is 5.81. The van der Waals surface area contributed by atoms with E-state index in [1.807, 2.05) is 13.0 Å². The van der Waals surface area contributed by atoms with Gasteiger partial charge in [0.15, 0.2) is 5.82 Å². The summed E-state index contributed by atoms with van der Waals surface area (Å²) in [7, 11) is 0. The number of rotatable bonds is 2. The highest BCUT2D eigenvalue weighted by molar-refractivity contribution is 5.97. The van der Waals surface area contributed by atoms with Crippen molar-refractivity contribution in [3.05, 3.63) is 59.2 Å². The zero-order valence-corrected chi connectivity index (χ0v) is 13.1. The Morgan fingerprint density at radius 2 is 2.04 bits per heavy atom. The first kappa shape index (κ1) is 14.6. The summed E-state index contributed by atoms with van der Waals surface area (Å²) < 4.78 is 13.3. The second-order valence-electron chi connectivity index (χ2n) is 5.81. The van der Waals surface area contributed by atoms with Gasteiger partial charge in [0.1, 0.15) is 5.82 Å². The number of carbonyl (C=O) groups excluding carboxylic acids is 1. The van der Waals surface area contributed by atoms with Gasteiger partial charge in [0, 0.05) is 30.4 Å². The molecule has 2 aromatic heterocycles. The number of aromatic nitrogens is 3. The molecule has 5 nitrogen and oxygen atoms in total. The third-order valence-electron chi connectivity index (χ3n) is 4.17. The van der Waals surface area contributed by atoms with Crippen LogP contribution in [0.25, 0.3) is 22.8 Å². The number of carbonyl (C=O) groups is 1. The van der Waals surface area contributed by atoms with Gasteiger partial charge in [0.25, 0.3) is 5.91 Å². The number of H-pyrrole nitrogens is 1. The Morgan fingerprint density at radius 1 is 1.17 bits per heavy atom. The van der Waals surface area contributed by atoms with E-state index in [0.29, 0.717) is 23.6 Å². The lowest BCUT2D eigenvalue weighted by Crippen LogP contribution is -2.31. The first-order chi connectivity index (χ1) is 11.6. The summed E-state index contributed by atoms with van der Waals surface area (Å²) >= 11 is 0. The van der Waals surface area contributed by atoms with Crippen LogP contribution in [0.4, 0.5) is 4.39 Å². The van der Waals surface area contributed by atoms with Gasteiger partial charge in [-0.15, -0.1) is 0 Å². The van der Waals surface area contributed by atoms with E-state index in [1.165, 1.54) is 12.1 Å². The monoisotopic (exact) mass is 322 g/mol. The molecule has 1 aliphatic heterocycles. The van der Waals surface area contributed by atoms with Gasteiger partial charge in [0.05, 0.1) is 17.0 Å². The summed E-state index contributed by atoms with van der Waals surface area (Å²) in [4.78, 5) is 24.0. The molecule has 0 unspecified atom stereocenters. The van der Waals surface area contributed by atoms with Crippen molar-refractivity contribution in [3.63, 3.8) is 0 Å². The molecule has 2 N–H and O–H groups in total. The molecule has 0 atom stereocenters. The van der Waals surface area contributed by atoms with Crippen molar-refractivity contribution >= 4 is 5.91 Å². The van der Waals surface area contributed by atoms with E-state index in [1.54, 1.807) is 18.3 Å². The van der Waals surface area contributed by atoms with Crippen LogP contribution in [0, 0.1) is 12.7 Å². The van der Waals surface area contributed by atoms with Gasteiger partial charge in [-0.3, -0.25) is 4.79 Å². The van der Waals surface area contributed by atoms with E-state index in [0.717, 1.165) is 28.9 Å². The third-order valence-corrected chi connectivity index (χ3v) is 4.17. The normalized spacial score (nSPS) is 13.5. The largest absolute Gasteiger partial charge is 0.356 e. The minimum Gasteiger partial charge on any atom is -0.356 e. The Labute approximate surface area is 138 Å². The molecule has 3 heterocycles. The number of aromatic amines is 1. The molecule has 1 aliphatic rings. The van der Waals surface area contributed by atoms with Gasteiger partial charge in [0.2, 0.25) is 0 Å². The maximum absolute atomic E-state index is 13.3. The van der Waals surface area contributed by atoms with E-state index in [2.05, 4.69) is 20.3 Å². The Kier molecular flexibility index (Phi) is 3.37. The van der Waals surface area contributed by atoms with Crippen LogP contribution in [-0.2, 0) is 6.42 Å². The van der Waals surface area contributed by atoms with Crippen LogP contribution >= 0.6 is 0 Å². The van der Waals surface area contributed by atoms with Crippen LogP contribution in [0.15, 0.2) is 36.5 Å². The van der Waals surface area contributed by atoms with Crippen molar-refractivity contribution in [1.29, 1.82) is 0 Å². The first-order valence-corrected chi connectivity index (χ1v) is 7.72. The summed E-state index contributed by atoms with van der Waals surface area (Å²) in [6, 6.07) is 8.14. The van der Waals surface area contributed by atoms with E-state index < -0.39 is 0 Å². The van der Waals surface area contributed by atoms with Gasteiger partial charge in [-0.25, -0.2) is 14.4 Å². The quantitative estimate of drug-likeness (QED) is 0.762. The molecule has 0 radical (unpaired) electrons. The molecule has 1 aromatic carbocycles. The third kappa shape index (κ3) is 2.46. The maximum atomic E-state index is 13.3. The number of benzene rings is 1. The highest BCUT2D eigenvalue weighted by Crippen LogP contribution is 2.26. The van der Waals surface area contributed by atoms with Gasteiger partial charge in [-0.05, 0) is 42.8 Å². The molecule has 0 saturated carbocycles. The molecule has 24 heavy (non-hydrogen) atoms. The van der Waals surface area contributed by atoms with Crippen molar-refractivity contribution in [2.24, 2.45) is 0 Å². The number of nitrogens with one attached hydrogen (secondary N) is 2. The van der Waals surface area contributed by atoms with Crippen LogP contribution in [0.2, 0.25) is 0 Å². The fourth-order valence-corrected chi connectivity index (χ4v) is 2.95. The van der Waals surface area contributed by atoms with E-state index in [9.17, 15) is 9.18 Å². The van der Waals surface area contributed by atoms with E-state index in [-0.39, 0.29) is 11.7 Å². The molecule has 120 valence electrons. The first-order valence-electron chi connectivity index (χ1n) is 7.72. The molecule has 6 heteroatoms. The number of hydrogen-bond donors (Lipinski definition) is 2. The number of fused-ring (bicyclic) bond motifs is 1. The van der Waals surface area contributed by atoms with Crippen LogP contribution in [-0.4, -0.2) is 27.4 Å². The zero-order chi connectivity index (χ0) is 16.7. The Morgan fingerprint density at radius 3 is 2.83 bits per heavy atom. The number of halogens is 1. The average Bonchev–Trinajstić information content (AvgIpc) is 3.01. The van der Waals surface area contributed by atoms with Crippen molar-refractivity contribution in [1.82, 2.24) is 20.3 Å². The van der Waals surface area contributed by atoms with Crippen molar-refractivity contribution in [2.45, 2.75) is 13.3 Å². The number of amides is 1. The molecule has 4 rings (SSSR count). The highest BCUT2D eigenvalue weighted by atomic mass is 19.1. The molecule has 1 amide bonds. The van der Waals surface area contributed by atoms with Crippen LogP contribution in [0.5, 0.6) is 0 Å². The predicted molar refractivity (Wildman–Crippen MR) is 88.0 cm³/mol. The Bertz CT molecular complexity index is 948. The Hall–Kier alpha value is -3.02. The van der Waals surface area contributed by atoms with Gasteiger partial charge in [-0.2, -0.15) is 0 Å². The highest BCUT2D eigenvalue weighted by Gasteiger charge is 2.20. The molecule has 0 spiro atoms. The minimum absolute atomic E-state index is 0.0672. The standard InChI is InChI=1S/C18H15FN4O/c1-10-8-11(19)2-3-12(10)17-20-6-5-15(23-17)16-9-13-14(22-16)4-7-21-18(13)24/h2-3,5-6,8-9,22H,4,7H2,1H3,(H,21,24). The summed E-state index contributed by atoms with van der Waals surface area (Å²) in [5.41, 5.74) is 4.62. The summed E-state index contributed by atoms with van der Waals surface area (Å²) in [5, 5.41) is 2.83. The lowest BCUT2D eigenvalue weighted by Gasteiger charge is -2.10.